The highest BCUT2D eigenvalue weighted by atomic mass is 16.5. The quantitative estimate of drug-likeness (QED) is 0.623. The summed E-state index contributed by atoms with van der Waals surface area (Å²) >= 11 is 0. The lowest BCUT2D eigenvalue weighted by atomic mass is 10.1. The van der Waals surface area contributed by atoms with Crippen molar-refractivity contribution in [3.63, 3.8) is 0 Å². The van der Waals surface area contributed by atoms with Crippen molar-refractivity contribution in [1.29, 1.82) is 0 Å². The number of nitrogens with one attached hydrogen (secondary N) is 1. The highest BCUT2D eigenvalue weighted by Crippen LogP contribution is 2.10. The summed E-state index contributed by atoms with van der Waals surface area (Å²) in [5, 5.41) is 3.58. The Morgan fingerprint density at radius 1 is 1.11 bits per heavy atom. The fourth-order valence-corrected chi connectivity index (χ4v) is 2.01. The maximum atomic E-state index is 5.75. The maximum absolute atomic E-state index is 5.75. The van der Waals surface area contributed by atoms with Crippen molar-refractivity contribution in [3.05, 3.63) is 30.3 Å². The normalized spacial score (nSPS) is 12.3. The molecule has 0 saturated carbocycles. The summed E-state index contributed by atoms with van der Waals surface area (Å²) in [4.78, 5) is 0. The van der Waals surface area contributed by atoms with Crippen molar-refractivity contribution in [2.45, 2.75) is 38.6 Å². The molecule has 0 fully saturated rings. The lowest BCUT2D eigenvalue weighted by Crippen LogP contribution is -2.31. The van der Waals surface area contributed by atoms with Gasteiger partial charge in [0.25, 0.3) is 0 Å². The number of hydrogen-bond donors (Lipinski definition) is 1. The minimum absolute atomic E-state index is 0.527. The summed E-state index contributed by atoms with van der Waals surface area (Å²) in [6, 6.07) is 10.5. The molecule has 0 saturated heterocycles. The van der Waals surface area contributed by atoms with Gasteiger partial charge in [-0.3, -0.25) is 0 Å². The molecule has 0 spiro atoms. The van der Waals surface area contributed by atoms with Crippen LogP contribution in [-0.2, 0) is 4.74 Å². The molecule has 1 atom stereocenters. The Morgan fingerprint density at radius 3 is 2.58 bits per heavy atom. The molecule has 1 unspecified atom stereocenters. The van der Waals surface area contributed by atoms with E-state index in [1.807, 2.05) is 30.3 Å². The molecule has 0 aliphatic carbocycles. The molecule has 0 aliphatic rings. The van der Waals surface area contributed by atoms with E-state index in [0.29, 0.717) is 6.04 Å². The van der Waals surface area contributed by atoms with E-state index in [0.717, 1.165) is 44.8 Å². The number of rotatable bonds is 11. The number of methoxy groups -OCH3 is 1. The third kappa shape index (κ3) is 7.85. The molecule has 108 valence electrons. The Labute approximate surface area is 117 Å². The predicted molar refractivity (Wildman–Crippen MR) is 79.7 cm³/mol. The van der Waals surface area contributed by atoms with Crippen LogP contribution in [0.3, 0.4) is 0 Å². The van der Waals surface area contributed by atoms with Crippen LogP contribution in [0.1, 0.15) is 32.6 Å². The first kappa shape index (κ1) is 16.0. The van der Waals surface area contributed by atoms with Crippen molar-refractivity contribution in [2.75, 3.05) is 26.9 Å². The lowest BCUT2D eigenvalue weighted by molar-refractivity contribution is 0.185. The second-order valence-corrected chi connectivity index (χ2v) is 4.74. The average molecular weight is 265 g/mol. The SMILES string of the molecule is CCCNC(CCCOC)CCOc1ccccc1. The summed E-state index contributed by atoms with van der Waals surface area (Å²) in [6.07, 6.45) is 4.45. The first-order chi connectivity index (χ1) is 9.36. The zero-order valence-electron chi connectivity index (χ0n) is 12.2. The van der Waals surface area contributed by atoms with Crippen LogP contribution in [0.15, 0.2) is 30.3 Å². The van der Waals surface area contributed by atoms with Crippen LogP contribution in [0.2, 0.25) is 0 Å². The molecule has 1 aromatic rings. The van der Waals surface area contributed by atoms with E-state index in [1.54, 1.807) is 7.11 Å². The first-order valence-electron chi connectivity index (χ1n) is 7.27. The molecule has 3 nitrogen and oxygen atoms in total. The van der Waals surface area contributed by atoms with Gasteiger partial charge in [0.2, 0.25) is 0 Å². The lowest BCUT2D eigenvalue weighted by Gasteiger charge is -2.18. The average Bonchev–Trinajstić information content (AvgIpc) is 2.45. The van der Waals surface area contributed by atoms with Crippen LogP contribution in [0, 0.1) is 0 Å². The summed E-state index contributed by atoms with van der Waals surface area (Å²) < 4.78 is 10.9. The van der Waals surface area contributed by atoms with Crippen molar-refractivity contribution >= 4 is 0 Å². The molecule has 19 heavy (non-hydrogen) atoms. The van der Waals surface area contributed by atoms with Crippen molar-refractivity contribution < 1.29 is 9.47 Å². The van der Waals surface area contributed by atoms with Gasteiger partial charge in [-0.05, 0) is 44.4 Å². The molecule has 0 radical (unpaired) electrons. The zero-order valence-corrected chi connectivity index (χ0v) is 12.2. The van der Waals surface area contributed by atoms with E-state index >= 15 is 0 Å². The van der Waals surface area contributed by atoms with E-state index in [-0.39, 0.29) is 0 Å². The topological polar surface area (TPSA) is 30.5 Å². The van der Waals surface area contributed by atoms with Crippen LogP contribution in [0.25, 0.3) is 0 Å². The molecule has 0 amide bonds. The standard InChI is InChI=1S/C16H27NO2/c1-3-12-17-15(8-7-13-18-2)11-14-19-16-9-5-4-6-10-16/h4-6,9-10,15,17H,3,7-8,11-14H2,1-2H3. The minimum Gasteiger partial charge on any atom is -0.494 e. The van der Waals surface area contributed by atoms with E-state index in [2.05, 4.69) is 12.2 Å². The molecule has 0 bridgehead atoms. The molecule has 0 aliphatic heterocycles. The highest BCUT2D eigenvalue weighted by Gasteiger charge is 2.07. The molecule has 0 heterocycles. The molecule has 1 aromatic carbocycles. The van der Waals surface area contributed by atoms with Gasteiger partial charge >= 0.3 is 0 Å². The molecular weight excluding hydrogens is 238 g/mol. The third-order valence-corrected chi connectivity index (χ3v) is 3.06. The smallest absolute Gasteiger partial charge is 0.119 e. The Bertz CT molecular complexity index is 303. The minimum atomic E-state index is 0.527. The number of hydrogen-bond acceptors (Lipinski definition) is 3. The van der Waals surface area contributed by atoms with Gasteiger partial charge in [-0.1, -0.05) is 25.1 Å². The summed E-state index contributed by atoms with van der Waals surface area (Å²) in [7, 11) is 1.76. The fourth-order valence-electron chi connectivity index (χ4n) is 2.01. The number of para-hydroxylation sites is 1. The maximum Gasteiger partial charge on any atom is 0.119 e. The Kier molecular flexibility index (Phi) is 9.11. The fraction of sp³-hybridized carbons (Fsp3) is 0.625. The van der Waals surface area contributed by atoms with E-state index in [4.69, 9.17) is 9.47 Å². The van der Waals surface area contributed by atoms with Gasteiger partial charge in [0.05, 0.1) is 6.61 Å². The molecule has 1 N–H and O–H groups in total. The van der Waals surface area contributed by atoms with E-state index < -0.39 is 0 Å². The highest BCUT2D eigenvalue weighted by molar-refractivity contribution is 5.20. The Hall–Kier alpha value is -1.06. The number of ether oxygens (including phenoxy) is 2. The summed E-state index contributed by atoms with van der Waals surface area (Å²) in [5.41, 5.74) is 0. The van der Waals surface area contributed by atoms with Gasteiger partial charge in [-0.15, -0.1) is 0 Å². The second-order valence-electron chi connectivity index (χ2n) is 4.74. The second kappa shape index (κ2) is 10.8. The van der Waals surface area contributed by atoms with Gasteiger partial charge in [0.1, 0.15) is 5.75 Å². The van der Waals surface area contributed by atoms with Crippen LogP contribution >= 0.6 is 0 Å². The monoisotopic (exact) mass is 265 g/mol. The summed E-state index contributed by atoms with van der Waals surface area (Å²) in [6.45, 7) is 4.87. The van der Waals surface area contributed by atoms with Gasteiger partial charge < -0.3 is 14.8 Å². The number of benzene rings is 1. The van der Waals surface area contributed by atoms with Gasteiger partial charge in [0.15, 0.2) is 0 Å². The van der Waals surface area contributed by atoms with Crippen molar-refractivity contribution in [3.8, 4) is 5.75 Å². The molecule has 3 heteroatoms. The van der Waals surface area contributed by atoms with Crippen molar-refractivity contribution in [1.82, 2.24) is 5.32 Å². The van der Waals surface area contributed by atoms with Gasteiger partial charge in [-0.25, -0.2) is 0 Å². The summed E-state index contributed by atoms with van der Waals surface area (Å²) in [5.74, 6) is 0.952. The van der Waals surface area contributed by atoms with Crippen LogP contribution in [-0.4, -0.2) is 32.9 Å². The first-order valence-corrected chi connectivity index (χ1v) is 7.27. The van der Waals surface area contributed by atoms with Crippen LogP contribution in [0.5, 0.6) is 5.75 Å². The van der Waals surface area contributed by atoms with Crippen LogP contribution < -0.4 is 10.1 Å². The molecular formula is C16H27NO2. The Balaban J connectivity index is 2.22. The van der Waals surface area contributed by atoms with E-state index in [9.17, 15) is 0 Å². The molecule has 0 aromatic heterocycles. The van der Waals surface area contributed by atoms with Gasteiger partial charge in [-0.2, -0.15) is 0 Å². The predicted octanol–water partition coefficient (Wildman–Crippen LogP) is 3.25. The zero-order chi connectivity index (χ0) is 13.8. The van der Waals surface area contributed by atoms with Crippen LogP contribution in [0.4, 0.5) is 0 Å². The molecule has 1 rings (SSSR count). The largest absolute Gasteiger partial charge is 0.494 e. The Morgan fingerprint density at radius 2 is 1.89 bits per heavy atom. The van der Waals surface area contributed by atoms with Crippen molar-refractivity contribution in [2.24, 2.45) is 0 Å². The third-order valence-electron chi connectivity index (χ3n) is 3.06. The van der Waals surface area contributed by atoms with E-state index in [1.165, 1.54) is 6.42 Å². The van der Waals surface area contributed by atoms with Gasteiger partial charge in [0, 0.05) is 19.8 Å².